The van der Waals surface area contributed by atoms with Gasteiger partial charge in [0.15, 0.2) is 6.61 Å². The van der Waals surface area contributed by atoms with Crippen LogP contribution in [0.3, 0.4) is 0 Å². The van der Waals surface area contributed by atoms with Gasteiger partial charge in [-0.25, -0.2) is 0 Å². The Bertz CT molecular complexity index is 901. The molecule has 0 bridgehead atoms. The van der Waals surface area contributed by atoms with Crippen molar-refractivity contribution in [2.45, 2.75) is 6.04 Å². The molecule has 0 spiro atoms. The molecule has 1 heterocycles. The van der Waals surface area contributed by atoms with E-state index in [1.807, 2.05) is 6.07 Å². The van der Waals surface area contributed by atoms with Crippen LogP contribution in [0.2, 0.25) is 5.02 Å². The van der Waals surface area contributed by atoms with Gasteiger partial charge in [-0.05, 0) is 41.1 Å². The summed E-state index contributed by atoms with van der Waals surface area (Å²) < 4.78 is 5.49. The zero-order chi connectivity index (χ0) is 18.5. The van der Waals surface area contributed by atoms with Gasteiger partial charge in [0.1, 0.15) is 11.8 Å². The van der Waals surface area contributed by atoms with Crippen LogP contribution in [0, 0.1) is 0 Å². The fourth-order valence-electron chi connectivity index (χ4n) is 2.31. The van der Waals surface area contributed by atoms with E-state index in [0.717, 1.165) is 5.56 Å². The van der Waals surface area contributed by atoms with Crippen LogP contribution >= 0.6 is 11.6 Å². The molecule has 0 radical (unpaired) electrons. The largest absolute Gasteiger partial charge is 0.484 e. The summed E-state index contributed by atoms with van der Waals surface area (Å²) in [6, 6.07) is 11.3. The van der Waals surface area contributed by atoms with Gasteiger partial charge in [0.05, 0.1) is 17.5 Å². The molecule has 0 aromatic heterocycles. The van der Waals surface area contributed by atoms with Crippen LogP contribution in [0.4, 0.5) is 5.69 Å². The van der Waals surface area contributed by atoms with Gasteiger partial charge in [0.25, 0.3) is 11.8 Å². The lowest BCUT2D eigenvalue weighted by Crippen LogP contribution is -2.23. The van der Waals surface area contributed by atoms with Gasteiger partial charge >= 0.3 is 0 Å². The van der Waals surface area contributed by atoms with Gasteiger partial charge in [-0.2, -0.15) is 5.11 Å². The van der Waals surface area contributed by atoms with E-state index in [9.17, 15) is 9.59 Å². The Kier molecular flexibility index (Phi) is 5.23. The average Bonchev–Trinajstić information content (AvgIpc) is 3.16. The van der Waals surface area contributed by atoms with Crippen LogP contribution < -0.4 is 15.8 Å². The molecule has 8 nitrogen and oxygen atoms in total. The van der Waals surface area contributed by atoms with Crippen molar-refractivity contribution in [1.82, 2.24) is 0 Å². The third-order valence-corrected chi connectivity index (χ3v) is 3.76. The zero-order valence-electron chi connectivity index (χ0n) is 13.4. The number of hydrogen-bond donors (Lipinski definition) is 2. The molecule has 132 valence electrons. The number of ether oxygens (including phenoxy) is 1. The number of primary amides is 1. The number of amides is 2. The normalized spacial score (nSPS) is 15.0. The predicted octanol–water partition coefficient (Wildman–Crippen LogP) is 2.95. The average molecular weight is 372 g/mol. The summed E-state index contributed by atoms with van der Waals surface area (Å²) in [7, 11) is 0. The molecule has 26 heavy (non-hydrogen) atoms. The number of anilines is 1. The molecule has 0 fully saturated rings. The number of carbonyl (C=O) groups is 2. The molecule has 0 saturated carbocycles. The minimum Gasteiger partial charge on any atom is -0.484 e. The molecule has 0 saturated heterocycles. The molecule has 1 unspecified atom stereocenters. The summed E-state index contributed by atoms with van der Waals surface area (Å²) in [4.78, 5) is 23.6. The maximum absolute atomic E-state index is 12.1. The number of hydrogen-bond acceptors (Lipinski definition) is 6. The predicted molar refractivity (Wildman–Crippen MR) is 96.6 cm³/mol. The number of rotatable bonds is 6. The Labute approximate surface area is 153 Å². The smallest absolute Gasteiger partial charge is 0.262 e. The molecule has 2 amide bonds. The molecule has 1 aliphatic rings. The Morgan fingerprint density at radius 3 is 2.81 bits per heavy atom. The highest BCUT2D eigenvalue weighted by Crippen LogP contribution is 2.24. The monoisotopic (exact) mass is 371 g/mol. The molecule has 3 N–H and O–H groups in total. The van der Waals surface area contributed by atoms with Crippen LogP contribution in [-0.2, 0) is 4.79 Å². The fourth-order valence-corrected chi connectivity index (χ4v) is 2.49. The third kappa shape index (κ3) is 4.22. The van der Waals surface area contributed by atoms with Gasteiger partial charge in [0.2, 0.25) is 0 Å². The van der Waals surface area contributed by atoms with Crippen LogP contribution in [-0.4, -0.2) is 24.6 Å². The second-order valence-electron chi connectivity index (χ2n) is 5.38. The van der Waals surface area contributed by atoms with E-state index in [2.05, 4.69) is 20.8 Å². The van der Waals surface area contributed by atoms with Crippen LogP contribution in [0.1, 0.15) is 22.0 Å². The topological polar surface area (TPSA) is 118 Å². The Morgan fingerprint density at radius 2 is 2.08 bits per heavy atom. The van der Waals surface area contributed by atoms with Crippen LogP contribution in [0.15, 0.2) is 57.9 Å². The number of carbonyl (C=O) groups excluding carboxylic acids is 2. The van der Waals surface area contributed by atoms with Crippen LogP contribution in [0.5, 0.6) is 5.75 Å². The van der Waals surface area contributed by atoms with Gasteiger partial charge in [-0.1, -0.05) is 23.7 Å². The summed E-state index contributed by atoms with van der Waals surface area (Å²) >= 11 is 5.84. The molecular weight excluding hydrogens is 358 g/mol. The molecule has 1 aliphatic heterocycles. The number of nitrogens with zero attached hydrogens (tertiary/aromatic N) is 3. The quantitative estimate of drug-likeness (QED) is 0.812. The lowest BCUT2D eigenvalue weighted by atomic mass is 10.1. The van der Waals surface area contributed by atoms with Crippen molar-refractivity contribution in [2.75, 3.05) is 11.9 Å². The summed E-state index contributed by atoms with van der Waals surface area (Å²) in [5.74, 6) is -0.634. The van der Waals surface area contributed by atoms with Crippen molar-refractivity contribution >= 4 is 35.3 Å². The fraction of sp³-hybridized carbons (Fsp3) is 0.118. The van der Waals surface area contributed by atoms with Gasteiger partial charge in [-0.15, -0.1) is 5.10 Å². The highest BCUT2D eigenvalue weighted by atomic mass is 35.5. The number of nitrogens with two attached hydrogens (primary N) is 1. The van der Waals surface area contributed by atoms with Crippen molar-refractivity contribution < 1.29 is 14.3 Å². The van der Waals surface area contributed by atoms with E-state index in [1.165, 1.54) is 12.1 Å². The van der Waals surface area contributed by atoms with E-state index in [0.29, 0.717) is 10.8 Å². The molecule has 2 aromatic rings. The van der Waals surface area contributed by atoms with E-state index in [4.69, 9.17) is 22.1 Å². The highest BCUT2D eigenvalue weighted by Gasteiger charge is 2.14. The highest BCUT2D eigenvalue weighted by molar-refractivity contribution is 6.31. The van der Waals surface area contributed by atoms with Crippen molar-refractivity contribution in [3.63, 3.8) is 0 Å². The Balaban J connectivity index is 1.63. The van der Waals surface area contributed by atoms with Crippen molar-refractivity contribution in [1.29, 1.82) is 0 Å². The lowest BCUT2D eigenvalue weighted by molar-refractivity contribution is -0.118. The second kappa shape index (κ2) is 7.75. The molecule has 3 rings (SSSR count). The first kappa shape index (κ1) is 17.6. The number of nitrogens with one attached hydrogen (secondary N) is 1. The van der Waals surface area contributed by atoms with Gasteiger partial charge in [-0.3, -0.25) is 9.59 Å². The molecule has 1 atom stereocenters. The molecule has 0 aliphatic carbocycles. The molecular formula is C17H14ClN5O3. The first-order chi connectivity index (χ1) is 12.5. The third-order valence-electron chi connectivity index (χ3n) is 3.53. The Morgan fingerprint density at radius 1 is 1.23 bits per heavy atom. The lowest BCUT2D eigenvalue weighted by Gasteiger charge is -2.11. The first-order valence-corrected chi connectivity index (χ1v) is 7.96. The molecule has 9 heteroatoms. The maximum atomic E-state index is 12.1. The van der Waals surface area contributed by atoms with E-state index >= 15 is 0 Å². The minimum atomic E-state index is -0.691. The summed E-state index contributed by atoms with van der Waals surface area (Å²) in [6.45, 7) is -0.245. The Hall–Kier alpha value is -3.26. The van der Waals surface area contributed by atoms with Crippen LogP contribution in [0.25, 0.3) is 0 Å². The van der Waals surface area contributed by atoms with E-state index < -0.39 is 11.8 Å². The van der Waals surface area contributed by atoms with Crippen molar-refractivity contribution in [2.24, 2.45) is 21.2 Å². The van der Waals surface area contributed by atoms with Gasteiger partial charge in [0, 0.05) is 5.02 Å². The van der Waals surface area contributed by atoms with Gasteiger partial charge < -0.3 is 15.8 Å². The SMILES string of the molecule is NC(=O)c1cc(Cl)ccc1NC(=O)COc1cccc(C2C=NN=N2)c1. The van der Waals surface area contributed by atoms with E-state index in [-0.39, 0.29) is 23.9 Å². The summed E-state index contributed by atoms with van der Waals surface area (Å²) in [6.07, 6.45) is 1.61. The maximum Gasteiger partial charge on any atom is 0.262 e. The number of halogens is 1. The number of benzene rings is 2. The minimum absolute atomic E-state index is 0.124. The second-order valence-corrected chi connectivity index (χ2v) is 5.81. The van der Waals surface area contributed by atoms with Crippen molar-refractivity contribution in [3.05, 3.63) is 58.6 Å². The zero-order valence-corrected chi connectivity index (χ0v) is 14.2. The molecule has 2 aromatic carbocycles. The van der Waals surface area contributed by atoms with E-state index in [1.54, 1.807) is 30.5 Å². The summed E-state index contributed by atoms with van der Waals surface area (Å²) in [5.41, 5.74) is 6.54. The summed E-state index contributed by atoms with van der Waals surface area (Å²) in [5, 5.41) is 14.1. The first-order valence-electron chi connectivity index (χ1n) is 7.58. The standard InChI is InChI=1S/C17H14ClN5O3/c18-11-4-5-14(13(7-11)17(19)25)21-16(24)9-26-12-3-1-2-10(6-12)15-8-20-23-22-15/h1-8,15H,9H2,(H2,19,25)(H,21,24). The van der Waals surface area contributed by atoms with Crippen molar-refractivity contribution in [3.8, 4) is 5.75 Å².